The number of nitrogens with zero attached hydrogens (tertiary/aromatic N) is 3. The summed E-state index contributed by atoms with van der Waals surface area (Å²) < 4.78 is 4.53. The van der Waals surface area contributed by atoms with Crippen molar-refractivity contribution in [3.05, 3.63) is 106 Å². The molecule has 0 saturated carbocycles. The Labute approximate surface area is 163 Å². The minimum atomic E-state index is -0.364. The minimum Gasteiger partial charge on any atom is -0.258 e. The average molecular weight is 372 g/mol. The second-order valence-electron chi connectivity index (χ2n) is 7.08. The predicted molar refractivity (Wildman–Crippen MR) is 109 cm³/mol. The zero-order chi connectivity index (χ0) is 19.5. The van der Waals surface area contributed by atoms with Gasteiger partial charge in [0.25, 0.3) is 5.69 Å². The molecule has 0 aliphatic rings. The fourth-order valence-corrected chi connectivity index (χ4v) is 3.47. The topological polar surface area (TPSA) is 52.0 Å². The van der Waals surface area contributed by atoms with Gasteiger partial charge in [-0.1, -0.05) is 54.1 Å². The number of benzene rings is 3. The highest BCUT2D eigenvalue weighted by atomic mass is 16.6. The van der Waals surface area contributed by atoms with Crippen LogP contribution in [-0.4, -0.2) is 9.49 Å². The van der Waals surface area contributed by atoms with Crippen molar-refractivity contribution in [3.63, 3.8) is 0 Å². The Balaban J connectivity index is 1.57. The molecule has 0 bridgehead atoms. The molecule has 4 aromatic rings. The van der Waals surface area contributed by atoms with Gasteiger partial charge in [-0.2, -0.15) is 0 Å². The summed E-state index contributed by atoms with van der Waals surface area (Å²) in [5.41, 5.74) is 6.15. The van der Waals surface area contributed by atoms with Gasteiger partial charge in [-0.3, -0.25) is 10.1 Å². The van der Waals surface area contributed by atoms with Crippen LogP contribution < -0.4 is 4.57 Å². The molecule has 1 aromatic heterocycles. The second kappa shape index (κ2) is 7.64. The van der Waals surface area contributed by atoms with Crippen LogP contribution >= 0.6 is 0 Å². The first-order valence-corrected chi connectivity index (χ1v) is 9.36. The number of imidazole rings is 1. The van der Waals surface area contributed by atoms with Gasteiger partial charge in [0, 0.05) is 18.6 Å². The molecule has 0 saturated heterocycles. The standard InChI is InChI=1S/C23H22N3O2/c1-18-6-8-20(9-7-18)16-25-17-24(22-4-2-3-5-23(22)25)15-14-19-10-12-21(13-11-19)26(27)28/h2-13,17H,14-16H2,1H3/q+1. The van der Waals surface area contributed by atoms with E-state index in [0.717, 1.165) is 25.1 Å². The Morgan fingerprint density at radius 3 is 2.32 bits per heavy atom. The molecule has 0 spiro atoms. The first kappa shape index (κ1) is 17.9. The number of nitro groups is 1. The van der Waals surface area contributed by atoms with Gasteiger partial charge in [-0.15, -0.1) is 0 Å². The van der Waals surface area contributed by atoms with Crippen LogP contribution in [0, 0.1) is 17.0 Å². The van der Waals surface area contributed by atoms with Gasteiger partial charge in [-0.05, 0) is 30.2 Å². The summed E-state index contributed by atoms with van der Waals surface area (Å²) in [7, 11) is 0. The average Bonchev–Trinajstić information content (AvgIpc) is 3.06. The van der Waals surface area contributed by atoms with Crippen molar-refractivity contribution in [2.24, 2.45) is 0 Å². The van der Waals surface area contributed by atoms with E-state index in [2.05, 4.69) is 70.9 Å². The highest BCUT2D eigenvalue weighted by Gasteiger charge is 2.15. The highest BCUT2D eigenvalue weighted by Crippen LogP contribution is 2.15. The summed E-state index contributed by atoms with van der Waals surface area (Å²) in [6, 6.07) is 23.8. The molecule has 0 N–H and O–H groups in total. The fourth-order valence-electron chi connectivity index (χ4n) is 3.47. The number of para-hydroxylation sites is 2. The van der Waals surface area contributed by atoms with E-state index in [1.165, 1.54) is 22.2 Å². The van der Waals surface area contributed by atoms with Crippen molar-refractivity contribution in [2.75, 3.05) is 0 Å². The molecule has 5 nitrogen and oxygen atoms in total. The van der Waals surface area contributed by atoms with Gasteiger partial charge in [0.1, 0.15) is 6.54 Å². The molecule has 28 heavy (non-hydrogen) atoms. The maximum absolute atomic E-state index is 10.8. The van der Waals surface area contributed by atoms with Crippen molar-refractivity contribution in [1.82, 2.24) is 4.57 Å². The van der Waals surface area contributed by atoms with Gasteiger partial charge in [0.2, 0.25) is 6.33 Å². The first-order chi connectivity index (χ1) is 13.6. The number of non-ortho nitro benzene ring substituents is 1. The number of aromatic nitrogens is 2. The lowest BCUT2D eigenvalue weighted by atomic mass is 10.1. The first-order valence-electron chi connectivity index (χ1n) is 9.36. The Morgan fingerprint density at radius 1 is 0.929 bits per heavy atom. The lowest BCUT2D eigenvalue weighted by Gasteiger charge is -2.00. The lowest BCUT2D eigenvalue weighted by molar-refractivity contribution is -0.663. The number of nitro benzene ring substituents is 1. The number of hydrogen-bond donors (Lipinski definition) is 0. The molecule has 140 valence electrons. The quantitative estimate of drug-likeness (QED) is 0.285. The van der Waals surface area contributed by atoms with Crippen molar-refractivity contribution in [1.29, 1.82) is 0 Å². The van der Waals surface area contributed by atoms with Crippen LogP contribution in [-0.2, 0) is 19.5 Å². The summed E-state index contributed by atoms with van der Waals surface area (Å²) in [5.74, 6) is 0. The van der Waals surface area contributed by atoms with Gasteiger partial charge in [0.05, 0.1) is 11.5 Å². The third-order valence-corrected chi connectivity index (χ3v) is 5.04. The molecule has 1 heterocycles. The summed E-state index contributed by atoms with van der Waals surface area (Å²) in [5, 5.41) is 10.8. The molecular weight excluding hydrogens is 350 g/mol. The predicted octanol–water partition coefficient (Wildman–Crippen LogP) is 4.44. The van der Waals surface area contributed by atoms with Crippen LogP contribution in [0.3, 0.4) is 0 Å². The van der Waals surface area contributed by atoms with Gasteiger partial charge in [-0.25, -0.2) is 9.13 Å². The van der Waals surface area contributed by atoms with Crippen LogP contribution in [0.1, 0.15) is 16.7 Å². The van der Waals surface area contributed by atoms with Gasteiger partial charge in [0.15, 0.2) is 11.0 Å². The van der Waals surface area contributed by atoms with E-state index in [-0.39, 0.29) is 10.6 Å². The Hall–Kier alpha value is -3.47. The van der Waals surface area contributed by atoms with Gasteiger partial charge >= 0.3 is 0 Å². The van der Waals surface area contributed by atoms with E-state index in [4.69, 9.17) is 0 Å². The maximum atomic E-state index is 10.8. The van der Waals surface area contributed by atoms with Crippen LogP contribution in [0.4, 0.5) is 5.69 Å². The van der Waals surface area contributed by atoms with E-state index < -0.39 is 0 Å². The molecule has 0 unspecified atom stereocenters. The molecule has 4 rings (SSSR count). The largest absolute Gasteiger partial charge is 0.269 e. The highest BCUT2D eigenvalue weighted by molar-refractivity contribution is 5.71. The van der Waals surface area contributed by atoms with Crippen LogP contribution in [0.2, 0.25) is 0 Å². The molecule has 0 amide bonds. The Morgan fingerprint density at radius 2 is 1.61 bits per heavy atom. The van der Waals surface area contributed by atoms with Gasteiger partial charge < -0.3 is 0 Å². The zero-order valence-electron chi connectivity index (χ0n) is 15.8. The molecule has 5 heteroatoms. The third kappa shape index (κ3) is 3.78. The summed E-state index contributed by atoms with van der Waals surface area (Å²) in [6.45, 7) is 3.74. The Bertz CT molecular complexity index is 1110. The number of rotatable bonds is 6. The molecule has 3 aromatic carbocycles. The van der Waals surface area contributed by atoms with Crippen LogP contribution in [0.5, 0.6) is 0 Å². The van der Waals surface area contributed by atoms with E-state index in [1.807, 2.05) is 12.1 Å². The van der Waals surface area contributed by atoms with E-state index >= 15 is 0 Å². The Kier molecular flexibility index (Phi) is 4.89. The fraction of sp³-hybridized carbons (Fsp3) is 0.174. The summed E-state index contributed by atoms with van der Waals surface area (Å²) in [4.78, 5) is 10.4. The smallest absolute Gasteiger partial charge is 0.258 e. The number of hydrogen-bond acceptors (Lipinski definition) is 2. The molecule has 0 radical (unpaired) electrons. The normalized spacial score (nSPS) is 11.0. The second-order valence-corrected chi connectivity index (χ2v) is 7.08. The summed E-state index contributed by atoms with van der Waals surface area (Å²) >= 11 is 0. The van der Waals surface area contributed by atoms with Crippen LogP contribution in [0.15, 0.2) is 79.1 Å². The maximum Gasteiger partial charge on any atom is 0.269 e. The minimum absolute atomic E-state index is 0.131. The summed E-state index contributed by atoms with van der Waals surface area (Å²) in [6.07, 6.45) is 2.98. The van der Waals surface area contributed by atoms with Crippen molar-refractivity contribution >= 4 is 16.7 Å². The van der Waals surface area contributed by atoms with Crippen molar-refractivity contribution in [2.45, 2.75) is 26.4 Å². The van der Waals surface area contributed by atoms with Crippen LogP contribution in [0.25, 0.3) is 11.0 Å². The molecule has 0 aliphatic heterocycles. The van der Waals surface area contributed by atoms with E-state index in [1.54, 1.807) is 12.1 Å². The zero-order valence-corrected chi connectivity index (χ0v) is 15.8. The lowest BCUT2D eigenvalue weighted by Crippen LogP contribution is -2.32. The third-order valence-electron chi connectivity index (χ3n) is 5.04. The van der Waals surface area contributed by atoms with Crippen molar-refractivity contribution < 1.29 is 9.49 Å². The monoisotopic (exact) mass is 372 g/mol. The molecule has 0 atom stereocenters. The van der Waals surface area contributed by atoms with E-state index in [9.17, 15) is 10.1 Å². The SMILES string of the molecule is Cc1ccc(C[n+]2cn(CCc3ccc([N+](=O)[O-])cc3)c3ccccc32)cc1. The molecule has 0 fully saturated rings. The number of aryl methyl sites for hydroxylation is 3. The van der Waals surface area contributed by atoms with E-state index in [0.29, 0.717) is 0 Å². The molecule has 0 aliphatic carbocycles. The van der Waals surface area contributed by atoms with Crippen molar-refractivity contribution in [3.8, 4) is 0 Å². The molecular formula is C23H22N3O2+. The number of fused-ring (bicyclic) bond motifs is 1.